The lowest BCUT2D eigenvalue weighted by Crippen LogP contribution is -2.45. The van der Waals surface area contributed by atoms with Gasteiger partial charge in [-0.15, -0.1) is 0 Å². The first-order valence-electron chi connectivity index (χ1n) is 9.51. The van der Waals surface area contributed by atoms with Gasteiger partial charge in [-0.05, 0) is 44.9 Å². The number of carbonyl (C=O) groups excluding carboxylic acids is 3. The molecule has 152 valence electrons. The number of nitrogens with zero attached hydrogens (tertiary/aromatic N) is 1. The molecule has 6 nitrogen and oxygen atoms in total. The summed E-state index contributed by atoms with van der Waals surface area (Å²) in [4.78, 5) is 39.2. The van der Waals surface area contributed by atoms with Gasteiger partial charge in [0.25, 0.3) is 0 Å². The van der Waals surface area contributed by atoms with Crippen molar-refractivity contribution in [2.45, 2.75) is 52.5 Å². The van der Waals surface area contributed by atoms with Gasteiger partial charge in [-0.1, -0.05) is 30.7 Å². The quantitative estimate of drug-likeness (QED) is 0.704. The van der Waals surface area contributed by atoms with Crippen molar-refractivity contribution >= 4 is 29.4 Å². The average Bonchev–Trinajstić information content (AvgIpc) is 2.65. The lowest BCUT2D eigenvalue weighted by molar-refractivity contribution is -0.141. The van der Waals surface area contributed by atoms with Gasteiger partial charge < -0.3 is 15.0 Å². The second-order valence-electron chi connectivity index (χ2n) is 6.88. The van der Waals surface area contributed by atoms with Crippen LogP contribution in [0.25, 0.3) is 0 Å². The van der Waals surface area contributed by atoms with Crippen LogP contribution in [0.2, 0.25) is 5.02 Å². The van der Waals surface area contributed by atoms with E-state index in [1.807, 2.05) is 13.8 Å². The molecule has 2 atom stereocenters. The molecule has 0 bridgehead atoms. The normalized spacial score (nSPS) is 18.1. The Morgan fingerprint density at radius 3 is 2.50 bits per heavy atom. The monoisotopic (exact) mass is 406 g/mol. The number of halogens is 1. The number of amides is 2. The molecule has 1 aliphatic heterocycles. The van der Waals surface area contributed by atoms with Crippen molar-refractivity contribution in [2.75, 3.05) is 13.2 Å². The molecule has 2 amide bonds. The van der Waals surface area contributed by atoms with E-state index < -0.39 is 11.9 Å². The maximum atomic E-state index is 12.8. The zero-order valence-electron chi connectivity index (χ0n) is 16.8. The van der Waals surface area contributed by atoms with Gasteiger partial charge in [0.05, 0.1) is 12.2 Å². The van der Waals surface area contributed by atoms with Gasteiger partial charge >= 0.3 is 5.97 Å². The van der Waals surface area contributed by atoms with Crippen molar-refractivity contribution in [3.8, 4) is 0 Å². The van der Waals surface area contributed by atoms with Crippen LogP contribution in [0.4, 0.5) is 0 Å². The molecule has 0 fully saturated rings. The third kappa shape index (κ3) is 5.13. The molecule has 0 radical (unpaired) electrons. The Labute approximate surface area is 170 Å². The molecule has 28 heavy (non-hydrogen) atoms. The van der Waals surface area contributed by atoms with Crippen LogP contribution in [0.1, 0.15) is 52.0 Å². The number of rotatable bonds is 7. The maximum Gasteiger partial charge on any atom is 0.336 e. The summed E-state index contributed by atoms with van der Waals surface area (Å²) in [6, 6.07) is 7.08. The third-order valence-corrected chi connectivity index (χ3v) is 5.16. The molecular weight excluding hydrogens is 380 g/mol. The zero-order valence-corrected chi connectivity index (χ0v) is 17.5. The molecule has 1 heterocycles. The number of benzene rings is 1. The fourth-order valence-electron chi connectivity index (χ4n) is 3.22. The zero-order chi connectivity index (χ0) is 20.8. The Morgan fingerprint density at radius 2 is 1.93 bits per heavy atom. The van der Waals surface area contributed by atoms with Crippen molar-refractivity contribution in [1.82, 2.24) is 10.2 Å². The van der Waals surface area contributed by atoms with Crippen LogP contribution in [0.3, 0.4) is 0 Å². The number of allylic oxidation sites excluding steroid dienone is 1. The summed E-state index contributed by atoms with van der Waals surface area (Å²) in [5.74, 6) is -1.36. The highest BCUT2D eigenvalue weighted by Gasteiger charge is 2.37. The van der Waals surface area contributed by atoms with Crippen LogP contribution >= 0.6 is 11.6 Å². The molecular formula is C21H27ClN2O4. The largest absolute Gasteiger partial charge is 0.463 e. The van der Waals surface area contributed by atoms with E-state index in [9.17, 15) is 14.4 Å². The molecule has 2 rings (SSSR count). The molecule has 0 unspecified atom stereocenters. The van der Waals surface area contributed by atoms with Crippen LogP contribution < -0.4 is 5.32 Å². The minimum Gasteiger partial charge on any atom is -0.463 e. The topological polar surface area (TPSA) is 75.7 Å². The van der Waals surface area contributed by atoms with Crippen molar-refractivity contribution in [3.63, 3.8) is 0 Å². The minimum absolute atomic E-state index is 0.0167. The van der Waals surface area contributed by atoms with Crippen LogP contribution in [-0.2, 0) is 19.1 Å². The van der Waals surface area contributed by atoms with Gasteiger partial charge in [-0.25, -0.2) is 4.79 Å². The number of esters is 1. The van der Waals surface area contributed by atoms with Crippen molar-refractivity contribution in [2.24, 2.45) is 0 Å². The molecule has 1 aliphatic rings. The molecule has 7 heteroatoms. The van der Waals surface area contributed by atoms with Crippen molar-refractivity contribution < 1.29 is 19.1 Å². The van der Waals surface area contributed by atoms with Gasteiger partial charge in [-0.2, -0.15) is 0 Å². The van der Waals surface area contributed by atoms with E-state index in [2.05, 4.69) is 5.32 Å². The molecule has 0 saturated carbocycles. The number of nitrogens with one attached hydrogen (secondary N) is 1. The highest BCUT2D eigenvalue weighted by Crippen LogP contribution is 2.37. The first-order chi connectivity index (χ1) is 13.3. The summed E-state index contributed by atoms with van der Waals surface area (Å²) >= 11 is 5.97. The summed E-state index contributed by atoms with van der Waals surface area (Å²) in [5, 5.41) is 3.43. The van der Waals surface area contributed by atoms with E-state index in [1.165, 1.54) is 4.90 Å². The Kier molecular flexibility index (Phi) is 7.63. The van der Waals surface area contributed by atoms with Crippen molar-refractivity contribution in [3.05, 3.63) is 46.1 Å². The maximum absolute atomic E-state index is 12.8. The molecule has 1 aromatic carbocycles. The number of hydrogen-bond acceptors (Lipinski definition) is 4. The van der Waals surface area contributed by atoms with E-state index in [0.717, 1.165) is 12.0 Å². The van der Waals surface area contributed by atoms with E-state index >= 15 is 0 Å². The number of ether oxygens (including phenoxy) is 1. The van der Waals surface area contributed by atoms with Crippen LogP contribution in [-0.4, -0.2) is 41.9 Å². The summed E-state index contributed by atoms with van der Waals surface area (Å²) < 4.78 is 5.24. The van der Waals surface area contributed by atoms with E-state index in [4.69, 9.17) is 16.3 Å². The average molecular weight is 407 g/mol. The first kappa shape index (κ1) is 22.0. The molecule has 0 aliphatic carbocycles. The van der Waals surface area contributed by atoms with Gasteiger partial charge in [0.2, 0.25) is 11.8 Å². The number of hydrogen-bond donors (Lipinski definition) is 1. The summed E-state index contributed by atoms with van der Waals surface area (Å²) in [6.07, 6.45) is 0.880. The fourth-order valence-corrected chi connectivity index (χ4v) is 3.35. The summed E-state index contributed by atoms with van der Waals surface area (Å²) in [5.41, 5.74) is 1.66. The van der Waals surface area contributed by atoms with Gasteiger partial charge in [0, 0.05) is 29.1 Å². The second kappa shape index (κ2) is 9.73. The molecule has 1 N–H and O–H groups in total. The Morgan fingerprint density at radius 1 is 1.29 bits per heavy atom. The Bertz CT molecular complexity index is 773. The van der Waals surface area contributed by atoms with Crippen LogP contribution in [0.5, 0.6) is 0 Å². The standard InChI is InChI=1S/C21H27ClN2O4/c1-5-13(3)23-18(25)12-24-14(4)20(21(27)28-6-2)17(11-19(24)26)15-7-9-16(22)10-8-15/h7-10,13,17H,5-6,11-12H2,1-4H3,(H,23,25)/t13-,17+/m0/s1. The highest BCUT2D eigenvalue weighted by molar-refractivity contribution is 6.30. The van der Waals surface area contributed by atoms with E-state index in [0.29, 0.717) is 16.3 Å². The predicted octanol–water partition coefficient (Wildman–Crippen LogP) is 3.41. The molecule has 0 saturated heterocycles. The number of carbonyl (C=O) groups is 3. The smallest absolute Gasteiger partial charge is 0.336 e. The SMILES string of the molecule is CCOC(=O)C1=C(C)N(CC(=O)N[C@@H](C)CC)C(=O)C[C@@H]1c1ccc(Cl)cc1. The summed E-state index contributed by atoms with van der Waals surface area (Å²) in [6.45, 7) is 7.40. The Balaban J connectivity index is 2.39. The molecule has 0 spiro atoms. The van der Waals surface area contributed by atoms with Gasteiger partial charge in [0.15, 0.2) is 0 Å². The van der Waals surface area contributed by atoms with Gasteiger partial charge in [-0.3, -0.25) is 9.59 Å². The lowest BCUT2D eigenvalue weighted by atomic mass is 9.83. The molecule has 0 aromatic heterocycles. The van der Waals surface area contributed by atoms with Crippen LogP contribution in [0, 0.1) is 0 Å². The predicted molar refractivity (Wildman–Crippen MR) is 108 cm³/mol. The first-order valence-corrected chi connectivity index (χ1v) is 9.89. The Hall–Kier alpha value is -2.34. The lowest BCUT2D eigenvalue weighted by Gasteiger charge is -2.34. The molecule has 1 aromatic rings. The van der Waals surface area contributed by atoms with E-state index in [-0.39, 0.29) is 37.4 Å². The van der Waals surface area contributed by atoms with E-state index in [1.54, 1.807) is 38.1 Å². The third-order valence-electron chi connectivity index (χ3n) is 4.91. The van der Waals surface area contributed by atoms with Gasteiger partial charge in [0.1, 0.15) is 6.54 Å². The fraction of sp³-hybridized carbons (Fsp3) is 0.476. The highest BCUT2D eigenvalue weighted by atomic mass is 35.5. The van der Waals surface area contributed by atoms with Crippen molar-refractivity contribution in [1.29, 1.82) is 0 Å². The summed E-state index contributed by atoms with van der Waals surface area (Å²) in [7, 11) is 0. The second-order valence-corrected chi connectivity index (χ2v) is 7.32. The minimum atomic E-state index is -0.472. The van der Waals surface area contributed by atoms with Crippen LogP contribution in [0.15, 0.2) is 35.5 Å².